The monoisotopic (exact) mass is 381 g/mol. The van der Waals surface area contributed by atoms with Crippen LogP contribution in [0.2, 0.25) is 5.02 Å². The van der Waals surface area contributed by atoms with Gasteiger partial charge in [0.1, 0.15) is 6.10 Å². The highest BCUT2D eigenvalue weighted by atomic mass is 35.5. The third-order valence-electron chi connectivity index (χ3n) is 4.28. The summed E-state index contributed by atoms with van der Waals surface area (Å²) in [5, 5.41) is 25.0. The molecule has 0 aromatic heterocycles. The van der Waals surface area contributed by atoms with Crippen molar-refractivity contribution in [3.05, 3.63) is 89.0 Å². The third kappa shape index (κ3) is 4.95. The molecule has 0 fully saturated rings. The van der Waals surface area contributed by atoms with Gasteiger partial charge < -0.3 is 15.5 Å². The number of carbonyl (C=O) groups is 1. The Bertz CT molecular complexity index is 970. The van der Waals surface area contributed by atoms with E-state index in [-0.39, 0.29) is 5.91 Å². The predicted molar refractivity (Wildman–Crippen MR) is 108 cm³/mol. The van der Waals surface area contributed by atoms with Crippen LogP contribution in [0.1, 0.15) is 17.2 Å². The van der Waals surface area contributed by atoms with Gasteiger partial charge in [0.05, 0.1) is 12.6 Å². The van der Waals surface area contributed by atoms with Gasteiger partial charge >= 0.3 is 0 Å². The minimum absolute atomic E-state index is 0.374. The number of nitrogens with one attached hydrogen (secondary N) is 1. The highest BCUT2D eigenvalue weighted by Gasteiger charge is 2.22. The zero-order valence-corrected chi connectivity index (χ0v) is 15.3. The highest BCUT2D eigenvalue weighted by molar-refractivity contribution is 6.30. The fourth-order valence-electron chi connectivity index (χ4n) is 2.89. The maximum atomic E-state index is 12.3. The van der Waals surface area contributed by atoms with Crippen molar-refractivity contribution in [2.75, 3.05) is 6.61 Å². The number of amides is 1. The van der Waals surface area contributed by atoms with Gasteiger partial charge in [-0.3, -0.25) is 4.79 Å². The van der Waals surface area contributed by atoms with E-state index in [9.17, 15) is 15.0 Å². The summed E-state index contributed by atoms with van der Waals surface area (Å²) in [6.45, 7) is -0.463. The van der Waals surface area contributed by atoms with Crippen LogP contribution in [-0.4, -0.2) is 28.8 Å². The van der Waals surface area contributed by atoms with Crippen molar-refractivity contribution in [1.29, 1.82) is 0 Å². The Morgan fingerprint density at radius 1 is 1.04 bits per heavy atom. The summed E-state index contributed by atoms with van der Waals surface area (Å²) in [7, 11) is 0. The van der Waals surface area contributed by atoms with Crippen molar-refractivity contribution >= 4 is 34.4 Å². The maximum Gasteiger partial charge on any atom is 0.244 e. The minimum Gasteiger partial charge on any atom is -0.394 e. The van der Waals surface area contributed by atoms with E-state index in [4.69, 9.17) is 11.6 Å². The van der Waals surface area contributed by atoms with Gasteiger partial charge in [-0.2, -0.15) is 0 Å². The molecule has 3 rings (SSSR count). The first kappa shape index (κ1) is 19.1. The Hall–Kier alpha value is -2.66. The van der Waals surface area contributed by atoms with Gasteiger partial charge in [0.15, 0.2) is 0 Å². The number of benzene rings is 3. The second kappa shape index (κ2) is 8.82. The zero-order chi connectivity index (χ0) is 19.2. The third-order valence-corrected chi connectivity index (χ3v) is 4.51. The van der Waals surface area contributed by atoms with E-state index in [2.05, 4.69) is 5.32 Å². The summed E-state index contributed by atoms with van der Waals surface area (Å²) < 4.78 is 0. The van der Waals surface area contributed by atoms with Crippen LogP contribution < -0.4 is 5.32 Å². The maximum absolute atomic E-state index is 12.3. The number of aliphatic hydroxyl groups is 2. The van der Waals surface area contributed by atoms with Crippen molar-refractivity contribution < 1.29 is 15.0 Å². The molecule has 2 unspecified atom stereocenters. The average molecular weight is 382 g/mol. The van der Waals surface area contributed by atoms with Gasteiger partial charge in [-0.25, -0.2) is 0 Å². The molecule has 0 saturated heterocycles. The fraction of sp³-hybridized carbons (Fsp3) is 0.136. The zero-order valence-electron chi connectivity index (χ0n) is 14.5. The van der Waals surface area contributed by atoms with E-state index in [0.29, 0.717) is 5.02 Å². The lowest BCUT2D eigenvalue weighted by Gasteiger charge is -2.23. The summed E-state index contributed by atoms with van der Waals surface area (Å²) in [6.07, 6.45) is 1.91. The van der Waals surface area contributed by atoms with E-state index < -0.39 is 18.8 Å². The topological polar surface area (TPSA) is 69.6 Å². The second-order valence-corrected chi connectivity index (χ2v) is 6.67. The van der Waals surface area contributed by atoms with Crippen molar-refractivity contribution in [1.82, 2.24) is 5.32 Å². The molecule has 0 saturated carbocycles. The van der Waals surface area contributed by atoms with Gasteiger partial charge in [0.2, 0.25) is 5.91 Å². The van der Waals surface area contributed by atoms with Crippen LogP contribution in [0.15, 0.2) is 72.8 Å². The highest BCUT2D eigenvalue weighted by Crippen LogP contribution is 2.23. The van der Waals surface area contributed by atoms with E-state index in [1.54, 1.807) is 24.3 Å². The minimum atomic E-state index is -1.12. The van der Waals surface area contributed by atoms with Crippen LogP contribution in [-0.2, 0) is 4.79 Å². The molecule has 27 heavy (non-hydrogen) atoms. The van der Waals surface area contributed by atoms with Gasteiger partial charge in [-0.15, -0.1) is 0 Å². The molecule has 0 aliphatic heterocycles. The van der Waals surface area contributed by atoms with E-state index in [1.165, 1.54) is 6.08 Å². The molecule has 3 aromatic rings. The molecule has 3 aromatic carbocycles. The van der Waals surface area contributed by atoms with Gasteiger partial charge in [0.25, 0.3) is 0 Å². The van der Waals surface area contributed by atoms with Crippen molar-refractivity contribution in [2.45, 2.75) is 12.1 Å². The molecule has 0 spiro atoms. The first-order valence-electron chi connectivity index (χ1n) is 8.58. The smallest absolute Gasteiger partial charge is 0.244 e. The number of hydrogen-bond donors (Lipinski definition) is 3. The van der Waals surface area contributed by atoms with Crippen LogP contribution in [0.4, 0.5) is 0 Å². The molecule has 5 heteroatoms. The standard InChI is InChI=1S/C22H20ClNO3/c23-19-7-3-4-15(12-19)8-11-21(27)24-22(20(26)14-25)18-10-9-16-5-1-2-6-17(16)13-18/h1-13,20,22,25-26H,14H2,(H,24,27)/b11-8+. The Kier molecular flexibility index (Phi) is 6.24. The molecular weight excluding hydrogens is 362 g/mol. The van der Waals surface area contributed by atoms with Crippen LogP contribution in [0, 0.1) is 0 Å². The molecule has 0 aliphatic rings. The Morgan fingerprint density at radius 2 is 1.81 bits per heavy atom. The van der Waals surface area contributed by atoms with Crippen molar-refractivity contribution in [3.8, 4) is 0 Å². The molecule has 2 atom stereocenters. The van der Waals surface area contributed by atoms with Gasteiger partial charge in [-0.1, -0.05) is 60.1 Å². The SMILES string of the molecule is O=C(/C=C/c1cccc(Cl)c1)NC(c1ccc2ccccc2c1)C(O)CO. The lowest BCUT2D eigenvalue weighted by Crippen LogP contribution is -2.37. The van der Waals surface area contributed by atoms with E-state index in [1.807, 2.05) is 48.5 Å². The molecule has 138 valence electrons. The van der Waals surface area contributed by atoms with Gasteiger partial charge in [0, 0.05) is 11.1 Å². The number of fused-ring (bicyclic) bond motifs is 1. The number of halogens is 1. The van der Waals surface area contributed by atoms with Crippen molar-refractivity contribution in [2.24, 2.45) is 0 Å². The Morgan fingerprint density at radius 3 is 2.56 bits per heavy atom. The largest absolute Gasteiger partial charge is 0.394 e. The normalized spacial score (nSPS) is 13.6. The van der Waals surface area contributed by atoms with Crippen LogP contribution in [0.3, 0.4) is 0 Å². The summed E-state index contributed by atoms with van der Waals surface area (Å²) >= 11 is 5.94. The number of carbonyl (C=O) groups excluding carboxylic acids is 1. The quantitative estimate of drug-likeness (QED) is 0.570. The molecule has 0 aliphatic carbocycles. The lowest BCUT2D eigenvalue weighted by molar-refractivity contribution is -0.118. The molecular formula is C22H20ClNO3. The van der Waals surface area contributed by atoms with Crippen LogP contribution in [0.5, 0.6) is 0 Å². The molecule has 0 bridgehead atoms. The van der Waals surface area contributed by atoms with Crippen molar-refractivity contribution in [3.63, 3.8) is 0 Å². The Balaban J connectivity index is 1.80. The predicted octanol–water partition coefficient (Wildman–Crippen LogP) is 3.72. The number of rotatable bonds is 6. The van der Waals surface area contributed by atoms with E-state index in [0.717, 1.165) is 21.9 Å². The van der Waals surface area contributed by atoms with Crippen LogP contribution >= 0.6 is 11.6 Å². The first-order valence-corrected chi connectivity index (χ1v) is 8.96. The van der Waals surface area contributed by atoms with Gasteiger partial charge in [-0.05, 0) is 46.2 Å². The second-order valence-electron chi connectivity index (χ2n) is 6.23. The summed E-state index contributed by atoms with van der Waals surface area (Å²) in [4.78, 5) is 12.3. The first-order chi connectivity index (χ1) is 13.1. The molecule has 0 heterocycles. The summed E-state index contributed by atoms with van der Waals surface area (Å²) in [5.41, 5.74) is 1.52. The lowest BCUT2D eigenvalue weighted by atomic mass is 9.98. The molecule has 0 radical (unpaired) electrons. The Labute approximate surface area is 162 Å². The number of aliphatic hydroxyl groups excluding tert-OH is 2. The molecule has 4 nitrogen and oxygen atoms in total. The van der Waals surface area contributed by atoms with E-state index >= 15 is 0 Å². The summed E-state index contributed by atoms with van der Waals surface area (Å²) in [5.74, 6) is -0.374. The molecule has 3 N–H and O–H groups in total. The molecule has 1 amide bonds. The fourth-order valence-corrected chi connectivity index (χ4v) is 3.09. The van der Waals surface area contributed by atoms with Crippen LogP contribution in [0.25, 0.3) is 16.8 Å². The summed E-state index contributed by atoms with van der Waals surface area (Å²) in [6, 6.07) is 19.9. The number of hydrogen-bond acceptors (Lipinski definition) is 3. The average Bonchev–Trinajstić information content (AvgIpc) is 2.69.